The summed E-state index contributed by atoms with van der Waals surface area (Å²) >= 11 is 0. The molecule has 0 unspecified atom stereocenters. The SMILES string of the molecule is CCOc1cc([C@@H](N2CCNCC2)C(C)(C)CO)ccc1OCc1ccccc1.Cl. The minimum absolute atomic E-state index is 0. The van der Waals surface area contributed by atoms with E-state index < -0.39 is 0 Å². The van der Waals surface area contributed by atoms with Crippen LogP contribution in [0.1, 0.15) is 37.9 Å². The largest absolute Gasteiger partial charge is 0.490 e. The molecule has 2 N–H and O–H groups in total. The molecule has 30 heavy (non-hydrogen) atoms. The molecule has 0 amide bonds. The monoisotopic (exact) mass is 434 g/mol. The van der Waals surface area contributed by atoms with Crippen molar-refractivity contribution in [3.8, 4) is 11.5 Å². The molecule has 1 aliphatic rings. The molecule has 1 saturated heterocycles. The van der Waals surface area contributed by atoms with Crippen LogP contribution in [0, 0.1) is 5.41 Å². The van der Waals surface area contributed by atoms with E-state index in [1.54, 1.807) is 0 Å². The molecular weight excluding hydrogens is 400 g/mol. The van der Waals surface area contributed by atoms with Crippen LogP contribution in [-0.4, -0.2) is 49.4 Å². The van der Waals surface area contributed by atoms with E-state index in [2.05, 4.69) is 48.3 Å². The second kappa shape index (κ2) is 11.6. The zero-order chi connectivity index (χ0) is 20.7. The van der Waals surface area contributed by atoms with Crippen LogP contribution in [0.5, 0.6) is 11.5 Å². The highest BCUT2D eigenvalue weighted by Crippen LogP contribution is 2.41. The molecule has 2 aromatic carbocycles. The number of halogens is 1. The summed E-state index contributed by atoms with van der Waals surface area (Å²) in [4.78, 5) is 2.46. The van der Waals surface area contributed by atoms with Crippen molar-refractivity contribution in [2.45, 2.75) is 33.4 Å². The number of hydrogen-bond donors (Lipinski definition) is 2. The van der Waals surface area contributed by atoms with Crippen LogP contribution in [-0.2, 0) is 6.61 Å². The van der Waals surface area contributed by atoms with E-state index in [-0.39, 0.29) is 30.5 Å². The van der Waals surface area contributed by atoms with Gasteiger partial charge in [-0.2, -0.15) is 0 Å². The fourth-order valence-electron chi connectivity index (χ4n) is 4.00. The van der Waals surface area contributed by atoms with Crippen LogP contribution in [0.15, 0.2) is 48.5 Å². The molecule has 166 valence electrons. The van der Waals surface area contributed by atoms with Gasteiger partial charge in [0.15, 0.2) is 11.5 Å². The molecule has 1 heterocycles. The predicted octanol–water partition coefficient (Wildman–Crippen LogP) is 4.05. The van der Waals surface area contributed by atoms with Crippen molar-refractivity contribution in [1.82, 2.24) is 10.2 Å². The third-order valence-corrected chi connectivity index (χ3v) is 5.48. The Balaban J connectivity index is 0.00000320. The van der Waals surface area contributed by atoms with Gasteiger partial charge in [0.2, 0.25) is 0 Å². The van der Waals surface area contributed by atoms with Crippen molar-refractivity contribution >= 4 is 12.4 Å². The topological polar surface area (TPSA) is 54.0 Å². The standard InChI is InChI=1S/C24H34N2O3.ClH/c1-4-28-22-16-20(10-11-21(22)29-17-19-8-6-5-7-9-19)23(24(2,3)18-27)26-14-12-25-13-15-26;/h5-11,16,23,25,27H,4,12-15,17-18H2,1-3H3;1H/t23-;/m1./s1. The summed E-state index contributed by atoms with van der Waals surface area (Å²) in [6.45, 7) is 11.3. The normalized spacial score (nSPS) is 15.9. The summed E-state index contributed by atoms with van der Waals surface area (Å²) in [7, 11) is 0. The fourth-order valence-corrected chi connectivity index (χ4v) is 4.00. The van der Waals surface area contributed by atoms with Gasteiger partial charge in [-0.15, -0.1) is 12.4 Å². The van der Waals surface area contributed by atoms with E-state index in [1.165, 1.54) is 0 Å². The quantitative estimate of drug-likeness (QED) is 0.623. The van der Waals surface area contributed by atoms with Gasteiger partial charge in [0.05, 0.1) is 6.61 Å². The third-order valence-electron chi connectivity index (χ3n) is 5.48. The first-order chi connectivity index (χ1) is 14.0. The minimum atomic E-state index is -0.271. The van der Waals surface area contributed by atoms with Crippen LogP contribution in [0.25, 0.3) is 0 Å². The van der Waals surface area contributed by atoms with Crippen LogP contribution >= 0.6 is 12.4 Å². The zero-order valence-corrected chi connectivity index (χ0v) is 19.1. The zero-order valence-electron chi connectivity index (χ0n) is 18.3. The number of hydrogen-bond acceptors (Lipinski definition) is 5. The Morgan fingerprint density at radius 3 is 2.37 bits per heavy atom. The van der Waals surface area contributed by atoms with E-state index in [9.17, 15) is 5.11 Å². The van der Waals surface area contributed by atoms with Crippen molar-refractivity contribution in [2.24, 2.45) is 5.41 Å². The van der Waals surface area contributed by atoms with E-state index in [4.69, 9.17) is 9.47 Å². The number of benzene rings is 2. The number of ether oxygens (including phenoxy) is 2. The number of nitrogens with one attached hydrogen (secondary N) is 1. The van der Waals surface area contributed by atoms with E-state index in [1.807, 2.05) is 31.2 Å². The Bertz CT molecular complexity index is 764. The molecule has 5 nitrogen and oxygen atoms in total. The highest BCUT2D eigenvalue weighted by molar-refractivity contribution is 5.85. The van der Waals surface area contributed by atoms with Gasteiger partial charge in [-0.3, -0.25) is 4.90 Å². The number of aliphatic hydroxyl groups excluding tert-OH is 1. The Labute approximate surface area is 186 Å². The van der Waals surface area contributed by atoms with E-state index in [0.29, 0.717) is 13.2 Å². The summed E-state index contributed by atoms with van der Waals surface area (Å²) in [5, 5.41) is 13.5. The molecule has 1 atom stereocenters. The van der Waals surface area contributed by atoms with Crippen molar-refractivity contribution < 1.29 is 14.6 Å². The summed E-state index contributed by atoms with van der Waals surface area (Å²) in [6, 6.07) is 16.5. The number of rotatable bonds is 9. The van der Waals surface area contributed by atoms with Crippen molar-refractivity contribution in [2.75, 3.05) is 39.4 Å². The lowest BCUT2D eigenvalue weighted by atomic mass is 9.79. The lowest BCUT2D eigenvalue weighted by molar-refractivity contribution is 0.0303. The maximum absolute atomic E-state index is 10.1. The first kappa shape index (κ1) is 24.5. The van der Waals surface area contributed by atoms with Crippen molar-refractivity contribution in [1.29, 1.82) is 0 Å². The van der Waals surface area contributed by atoms with Gasteiger partial charge in [0, 0.05) is 44.2 Å². The minimum Gasteiger partial charge on any atom is -0.490 e. The maximum atomic E-state index is 10.1. The molecule has 0 radical (unpaired) electrons. The van der Waals surface area contributed by atoms with Crippen LogP contribution in [0.4, 0.5) is 0 Å². The summed E-state index contributed by atoms with van der Waals surface area (Å²) < 4.78 is 12.0. The highest BCUT2D eigenvalue weighted by atomic mass is 35.5. The predicted molar refractivity (Wildman–Crippen MR) is 124 cm³/mol. The third kappa shape index (κ3) is 6.11. The van der Waals surface area contributed by atoms with E-state index in [0.717, 1.165) is 48.8 Å². The molecule has 0 spiro atoms. The van der Waals surface area contributed by atoms with Gasteiger partial charge in [-0.05, 0) is 30.2 Å². The average Bonchev–Trinajstić information content (AvgIpc) is 2.75. The molecule has 0 aromatic heterocycles. The average molecular weight is 435 g/mol. The smallest absolute Gasteiger partial charge is 0.161 e. The van der Waals surface area contributed by atoms with Crippen LogP contribution < -0.4 is 14.8 Å². The van der Waals surface area contributed by atoms with Gasteiger partial charge in [-0.1, -0.05) is 50.2 Å². The summed E-state index contributed by atoms with van der Waals surface area (Å²) in [5.41, 5.74) is 2.01. The van der Waals surface area contributed by atoms with Crippen LogP contribution in [0.3, 0.4) is 0 Å². The summed E-state index contributed by atoms with van der Waals surface area (Å²) in [6.07, 6.45) is 0. The van der Waals surface area contributed by atoms with Gasteiger partial charge in [-0.25, -0.2) is 0 Å². The van der Waals surface area contributed by atoms with Gasteiger partial charge in [0.1, 0.15) is 6.61 Å². The number of nitrogens with zero attached hydrogens (tertiary/aromatic N) is 1. The molecule has 6 heteroatoms. The molecule has 3 rings (SSSR count). The fraction of sp³-hybridized carbons (Fsp3) is 0.500. The van der Waals surface area contributed by atoms with Gasteiger partial charge in [0.25, 0.3) is 0 Å². The van der Waals surface area contributed by atoms with E-state index >= 15 is 0 Å². The molecule has 1 aliphatic heterocycles. The van der Waals surface area contributed by atoms with Gasteiger partial charge < -0.3 is 19.9 Å². The molecule has 2 aromatic rings. The van der Waals surface area contributed by atoms with Crippen molar-refractivity contribution in [3.05, 3.63) is 59.7 Å². The second-order valence-electron chi connectivity index (χ2n) is 8.25. The Morgan fingerprint density at radius 2 is 1.73 bits per heavy atom. The second-order valence-corrected chi connectivity index (χ2v) is 8.25. The summed E-state index contributed by atoms with van der Waals surface area (Å²) in [5.74, 6) is 1.51. The molecule has 0 saturated carbocycles. The van der Waals surface area contributed by atoms with Gasteiger partial charge >= 0.3 is 0 Å². The molecule has 1 fully saturated rings. The lowest BCUT2D eigenvalue weighted by Crippen LogP contribution is -2.49. The number of piperazine rings is 1. The first-order valence-corrected chi connectivity index (χ1v) is 10.5. The number of aliphatic hydroxyl groups is 1. The Morgan fingerprint density at radius 1 is 1.03 bits per heavy atom. The Hall–Kier alpha value is -1.79. The maximum Gasteiger partial charge on any atom is 0.161 e. The Kier molecular flexibility index (Phi) is 9.43. The molecule has 0 aliphatic carbocycles. The van der Waals surface area contributed by atoms with Crippen LogP contribution in [0.2, 0.25) is 0 Å². The lowest BCUT2D eigenvalue weighted by Gasteiger charge is -2.43. The molecule has 0 bridgehead atoms. The molecular formula is C24H35ClN2O3. The van der Waals surface area contributed by atoms with Crippen molar-refractivity contribution in [3.63, 3.8) is 0 Å². The first-order valence-electron chi connectivity index (χ1n) is 10.5. The highest BCUT2D eigenvalue weighted by Gasteiger charge is 2.36.